The highest BCUT2D eigenvalue weighted by molar-refractivity contribution is 6.11. The lowest BCUT2D eigenvalue weighted by atomic mass is 9.92. The number of aromatic hydroxyl groups is 1. The fourth-order valence-electron chi connectivity index (χ4n) is 7.85. The minimum absolute atomic E-state index is 0. The van der Waals surface area contributed by atoms with Crippen LogP contribution in [0.15, 0.2) is 103 Å². The smallest absolute Gasteiger partial charge is 0.264 e. The Bertz CT molecular complexity index is 2040. The maximum absolute atomic E-state index is 15.0. The molecule has 9 heteroatoms. The Kier molecular flexibility index (Phi) is 10.0. The van der Waals surface area contributed by atoms with Gasteiger partial charge < -0.3 is 19.3 Å². The number of carbonyl (C=O) groups is 2. The molecule has 1 fully saturated rings. The normalized spacial score (nSPS) is 17.0. The van der Waals surface area contributed by atoms with Crippen molar-refractivity contribution >= 4 is 35.6 Å². The third-order valence-corrected chi connectivity index (χ3v) is 10.5. The Morgan fingerprint density at radius 2 is 1.49 bits per heavy atom. The molecule has 1 saturated heterocycles. The number of anilines is 2. The molecule has 0 bridgehead atoms. The Morgan fingerprint density at radius 3 is 2.24 bits per heavy atom. The number of ether oxygens (including phenoxy) is 1. The van der Waals surface area contributed by atoms with Crippen LogP contribution in [-0.2, 0) is 30.5 Å². The number of para-hydroxylation sites is 1. The topological polar surface area (TPSA) is 78.2 Å². The van der Waals surface area contributed by atoms with Crippen molar-refractivity contribution in [1.29, 1.82) is 0 Å². The van der Waals surface area contributed by atoms with Gasteiger partial charge in [0.2, 0.25) is 0 Å². The maximum atomic E-state index is 15.0. The predicted octanol–water partition coefficient (Wildman–Crippen LogP) is 7.28. The van der Waals surface area contributed by atoms with Gasteiger partial charge in [-0.05, 0) is 109 Å². The number of hydrogen-bond acceptors (Lipinski definition) is 5. The first-order chi connectivity index (χ1) is 24.4. The van der Waals surface area contributed by atoms with E-state index in [1.165, 1.54) is 22.3 Å². The molecule has 1 atom stereocenters. The number of hydrogen-bond donors (Lipinski definition) is 1. The number of halogens is 1. The van der Waals surface area contributed by atoms with Crippen LogP contribution in [0, 0.1) is 6.92 Å². The molecule has 0 spiro atoms. The lowest BCUT2D eigenvalue weighted by Crippen LogP contribution is -2.52. The molecule has 1 N–H and O–H groups in total. The fraction of sp³-hybridized carbons (Fsp3) is 0.286. The van der Waals surface area contributed by atoms with E-state index >= 15 is 0 Å². The molecular formula is C42H43ClN4O4. The van der Waals surface area contributed by atoms with Crippen molar-refractivity contribution in [3.63, 3.8) is 0 Å². The van der Waals surface area contributed by atoms with Gasteiger partial charge in [-0.1, -0.05) is 42.5 Å². The number of rotatable bonds is 7. The third kappa shape index (κ3) is 6.91. The molecule has 0 unspecified atom stereocenters. The van der Waals surface area contributed by atoms with Crippen LogP contribution in [0.25, 0.3) is 5.69 Å². The second-order valence-electron chi connectivity index (χ2n) is 13.7. The van der Waals surface area contributed by atoms with Gasteiger partial charge in [0, 0.05) is 55.5 Å². The lowest BCUT2D eigenvalue weighted by molar-refractivity contribution is 0.0193. The number of aromatic nitrogens is 1. The van der Waals surface area contributed by atoms with Gasteiger partial charge >= 0.3 is 0 Å². The van der Waals surface area contributed by atoms with Crippen molar-refractivity contribution in [3.05, 3.63) is 142 Å². The van der Waals surface area contributed by atoms with Gasteiger partial charge in [-0.25, -0.2) is 0 Å². The molecule has 262 valence electrons. The van der Waals surface area contributed by atoms with E-state index in [9.17, 15) is 14.7 Å². The van der Waals surface area contributed by atoms with Crippen molar-refractivity contribution in [2.45, 2.75) is 45.2 Å². The Morgan fingerprint density at radius 1 is 0.824 bits per heavy atom. The summed E-state index contributed by atoms with van der Waals surface area (Å²) in [6.45, 7) is 6.53. The van der Waals surface area contributed by atoms with E-state index in [-0.39, 0.29) is 36.0 Å². The molecule has 8 rings (SSSR count). The number of amides is 2. The highest BCUT2D eigenvalue weighted by Gasteiger charge is 2.34. The fourth-order valence-corrected chi connectivity index (χ4v) is 7.85. The summed E-state index contributed by atoms with van der Waals surface area (Å²) in [5.74, 6) is -0.0381. The summed E-state index contributed by atoms with van der Waals surface area (Å²) in [6, 6.07) is 30.9. The summed E-state index contributed by atoms with van der Waals surface area (Å²) in [5.41, 5.74) is 9.24. The molecule has 1 aliphatic carbocycles. The van der Waals surface area contributed by atoms with Gasteiger partial charge in [0.25, 0.3) is 11.8 Å². The number of benzene rings is 4. The molecule has 5 aromatic rings. The molecule has 0 saturated carbocycles. The largest absolute Gasteiger partial charge is 0.508 e. The van der Waals surface area contributed by atoms with Crippen LogP contribution in [0.5, 0.6) is 5.75 Å². The second-order valence-corrected chi connectivity index (χ2v) is 13.7. The third-order valence-electron chi connectivity index (χ3n) is 10.5. The summed E-state index contributed by atoms with van der Waals surface area (Å²) in [7, 11) is 0. The summed E-state index contributed by atoms with van der Waals surface area (Å²) in [5, 5.41) is 9.96. The van der Waals surface area contributed by atoms with Crippen LogP contribution >= 0.6 is 12.4 Å². The molecule has 3 aliphatic rings. The van der Waals surface area contributed by atoms with Crippen molar-refractivity contribution in [1.82, 2.24) is 14.4 Å². The molecule has 0 radical (unpaired) electrons. The zero-order valence-electron chi connectivity index (χ0n) is 28.8. The van der Waals surface area contributed by atoms with Crippen LogP contribution in [0.2, 0.25) is 0 Å². The van der Waals surface area contributed by atoms with Gasteiger partial charge in [0.15, 0.2) is 0 Å². The minimum Gasteiger partial charge on any atom is -0.508 e. The van der Waals surface area contributed by atoms with Gasteiger partial charge in [-0.2, -0.15) is 0 Å². The first kappa shape index (κ1) is 34.6. The number of nitrogens with zero attached hydrogens (tertiary/aromatic N) is 4. The van der Waals surface area contributed by atoms with Crippen LogP contribution < -0.4 is 4.90 Å². The average molecular weight is 703 g/mol. The van der Waals surface area contributed by atoms with E-state index < -0.39 is 0 Å². The number of phenols is 1. The van der Waals surface area contributed by atoms with Crippen molar-refractivity contribution in [3.8, 4) is 11.4 Å². The summed E-state index contributed by atoms with van der Waals surface area (Å²) in [4.78, 5) is 35.6. The molecule has 51 heavy (non-hydrogen) atoms. The van der Waals surface area contributed by atoms with Crippen molar-refractivity contribution < 1.29 is 19.4 Å². The van der Waals surface area contributed by atoms with Crippen molar-refractivity contribution in [2.75, 3.05) is 37.7 Å². The predicted molar refractivity (Wildman–Crippen MR) is 202 cm³/mol. The highest BCUT2D eigenvalue weighted by Crippen LogP contribution is 2.34. The number of aryl methyl sites for hydroxylation is 3. The van der Waals surface area contributed by atoms with E-state index in [4.69, 9.17) is 4.74 Å². The van der Waals surface area contributed by atoms with Crippen LogP contribution in [0.1, 0.15) is 55.1 Å². The van der Waals surface area contributed by atoms with E-state index in [1.807, 2.05) is 54.1 Å². The van der Waals surface area contributed by atoms with E-state index in [1.54, 1.807) is 29.2 Å². The maximum Gasteiger partial charge on any atom is 0.264 e. The Hall–Kier alpha value is -4.89. The van der Waals surface area contributed by atoms with Gasteiger partial charge in [0.05, 0.1) is 30.0 Å². The first-order valence-corrected chi connectivity index (χ1v) is 17.6. The monoisotopic (exact) mass is 702 g/mol. The number of morpholine rings is 1. The average Bonchev–Trinajstić information content (AvgIpc) is 3.78. The number of carbonyl (C=O) groups excluding carboxylic acids is 2. The van der Waals surface area contributed by atoms with Crippen LogP contribution in [0.3, 0.4) is 0 Å². The number of phenolic OH excluding ortho intramolecular Hbond substituents is 1. The summed E-state index contributed by atoms with van der Waals surface area (Å²) >= 11 is 0. The Labute approximate surface area is 305 Å². The molecular weight excluding hydrogens is 660 g/mol. The molecule has 2 amide bonds. The molecule has 2 aliphatic heterocycles. The standard InChI is InChI=1S/C42H42N4O4.ClH/c1-29-22-34(41(48)46(35-12-3-2-4-13-35)36-14-16-38(47)17-15-36)27-44(29)40-25-32-11-7-10-31(32)24-39(40)42(49)45-26-33-9-6-5-8-30(33)23-37(45)28-43-18-20-50-21-19-43;/h2-6,8-9,12-17,22,24-25,27,37,47H,7,10-11,18-21,23,26,28H2,1H3;1H/t37-;/m0./s1. The molecule has 4 aromatic carbocycles. The van der Waals surface area contributed by atoms with Crippen LogP contribution in [-0.4, -0.2) is 70.2 Å². The quantitative estimate of drug-likeness (QED) is 0.193. The second kappa shape index (κ2) is 14.8. The van der Waals surface area contributed by atoms with Gasteiger partial charge in [-0.3, -0.25) is 19.4 Å². The van der Waals surface area contributed by atoms with Crippen LogP contribution in [0.4, 0.5) is 11.4 Å². The van der Waals surface area contributed by atoms with E-state index in [0.29, 0.717) is 36.6 Å². The van der Waals surface area contributed by atoms with Gasteiger partial charge in [0.1, 0.15) is 5.75 Å². The molecule has 1 aromatic heterocycles. The minimum atomic E-state index is -0.198. The summed E-state index contributed by atoms with van der Waals surface area (Å²) in [6.07, 6.45) is 5.69. The first-order valence-electron chi connectivity index (χ1n) is 17.6. The van der Waals surface area contributed by atoms with E-state index in [2.05, 4.69) is 46.2 Å². The van der Waals surface area contributed by atoms with Crippen molar-refractivity contribution in [2.24, 2.45) is 0 Å². The highest BCUT2D eigenvalue weighted by atomic mass is 35.5. The zero-order valence-corrected chi connectivity index (χ0v) is 29.6. The SMILES string of the molecule is Cc1cc(C(=O)N(c2ccccc2)c2ccc(O)cc2)cn1-c1cc2c(cc1C(=O)N1Cc3ccccc3C[C@H]1CN1CCOCC1)CCC2.Cl. The lowest BCUT2D eigenvalue weighted by Gasteiger charge is -2.40. The molecule has 3 heterocycles. The van der Waals surface area contributed by atoms with Gasteiger partial charge in [-0.15, -0.1) is 12.4 Å². The van der Waals surface area contributed by atoms with E-state index in [0.717, 1.165) is 62.4 Å². The number of fused-ring (bicyclic) bond motifs is 2. The Balaban J connectivity index is 0.00000406. The zero-order chi connectivity index (χ0) is 34.2. The molecule has 8 nitrogen and oxygen atoms in total. The summed E-state index contributed by atoms with van der Waals surface area (Å²) < 4.78 is 7.66.